The number of hydrogen-bond donors (Lipinski definition) is 0. The molecule has 0 saturated carbocycles. The summed E-state index contributed by atoms with van der Waals surface area (Å²) < 4.78 is 11.6. The lowest BCUT2D eigenvalue weighted by Crippen LogP contribution is -2.35. The first-order valence-corrected chi connectivity index (χ1v) is 9.09. The van der Waals surface area contributed by atoms with Crippen molar-refractivity contribution >= 4 is 33.8 Å². The summed E-state index contributed by atoms with van der Waals surface area (Å²) in [6.07, 6.45) is 3.65. The van der Waals surface area contributed by atoms with Crippen LogP contribution in [0.2, 0.25) is 0 Å². The molecule has 0 amide bonds. The van der Waals surface area contributed by atoms with Crippen molar-refractivity contribution in [2.75, 3.05) is 37.0 Å². The fraction of sp³-hybridized carbons (Fsp3) is 0.368. The van der Waals surface area contributed by atoms with Crippen molar-refractivity contribution in [2.24, 2.45) is 0 Å². The summed E-state index contributed by atoms with van der Waals surface area (Å²) in [4.78, 5) is 17.6. The zero-order valence-corrected chi connectivity index (χ0v) is 15.3. The minimum absolute atomic E-state index is 0.175. The Balaban J connectivity index is 1.50. The Hall–Kier alpha value is -3.16. The van der Waals surface area contributed by atoms with Crippen molar-refractivity contribution < 1.29 is 8.94 Å². The maximum Gasteiger partial charge on any atom is 0.265 e. The highest BCUT2D eigenvalue weighted by Crippen LogP contribution is 2.35. The molecular formula is C19H20N6O2. The van der Waals surface area contributed by atoms with E-state index in [4.69, 9.17) is 8.94 Å². The molecule has 8 heteroatoms. The third-order valence-electron chi connectivity index (χ3n) is 5.04. The molecule has 1 unspecified atom stereocenters. The first-order chi connectivity index (χ1) is 13.2. The summed E-state index contributed by atoms with van der Waals surface area (Å²) in [7, 11) is 3.81. The SMILES string of the molecule is CN(C)c1noc(C2CCCN(c3ncnc4c3oc3ccccc34)C2)n1. The highest BCUT2D eigenvalue weighted by Gasteiger charge is 2.29. The van der Waals surface area contributed by atoms with E-state index < -0.39 is 0 Å². The normalized spacial score (nSPS) is 17.7. The van der Waals surface area contributed by atoms with E-state index in [9.17, 15) is 0 Å². The van der Waals surface area contributed by atoms with Crippen molar-refractivity contribution in [1.82, 2.24) is 20.1 Å². The van der Waals surface area contributed by atoms with Crippen LogP contribution in [0.15, 0.2) is 39.5 Å². The number of anilines is 2. The molecule has 1 fully saturated rings. The summed E-state index contributed by atoms with van der Waals surface area (Å²) in [5.41, 5.74) is 2.42. The first-order valence-electron chi connectivity index (χ1n) is 9.09. The highest BCUT2D eigenvalue weighted by atomic mass is 16.5. The third kappa shape index (κ3) is 2.68. The van der Waals surface area contributed by atoms with Gasteiger partial charge in [0.25, 0.3) is 5.95 Å². The van der Waals surface area contributed by atoms with Crippen LogP contribution in [0.3, 0.4) is 0 Å². The van der Waals surface area contributed by atoms with Gasteiger partial charge in [-0.05, 0) is 30.1 Å². The predicted octanol–water partition coefficient (Wildman–Crippen LogP) is 3.21. The van der Waals surface area contributed by atoms with Gasteiger partial charge in [-0.2, -0.15) is 4.98 Å². The molecule has 8 nitrogen and oxygen atoms in total. The number of aromatic nitrogens is 4. The van der Waals surface area contributed by atoms with Crippen LogP contribution in [-0.2, 0) is 0 Å². The number of furan rings is 1. The maximum absolute atomic E-state index is 6.09. The highest BCUT2D eigenvalue weighted by molar-refractivity contribution is 6.05. The summed E-state index contributed by atoms with van der Waals surface area (Å²) in [5.74, 6) is 2.28. The molecule has 0 N–H and O–H groups in total. The quantitative estimate of drug-likeness (QED) is 0.548. The number of piperidine rings is 1. The van der Waals surface area contributed by atoms with Crippen LogP contribution in [0.5, 0.6) is 0 Å². The molecule has 5 rings (SSSR count). The third-order valence-corrected chi connectivity index (χ3v) is 5.04. The Bertz CT molecular complexity index is 1100. The predicted molar refractivity (Wildman–Crippen MR) is 102 cm³/mol. The van der Waals surface area contributed by atoms with Gasteiger partial charge in [-0.15, -0.1) is 0 Å². The molecule has 1 aliphatic heterocycles. The van der Waals surface area contributed by atoms with E-state index in [1.54, 1.807) is 6.33 Å². The second-order valence-electron chi connectivity index (χ2n) is 7.09. The lowest BCUT2D eigenvalue weighted by atomic mass is 9.98. The van der Waals surface area contributed by atoms with Crippen LogP contribution in [0.25, 0.3) is 22.1 Å². The van der Waals surface area contributed by atoms with Crippen molar-refractivity contribution in [1.29, 1.82) is 0 Å². The maximum atomic E-state index is 6.09. The summed E-state index contributed by atoms with van der Waals surface area (Å²) in [5, 5.41) is 5.06. The van der Waals surface area contributed by atoms with Gasteiger partial charge < -0.3 is 18.7 Å². The molecule has 0 spiro atoms. The second kappa shape index (κ2) is 6.22. The Labute approximate surface area is 155 Å². The van der Waals surface area contributed by atoms with E-state index >= 15 is 0 Å². The molecule has 4 aromatic rings. The van der Waals surface area contributed by atoms with Crippen molar-refractivity contribution in [2.45, 2.75) is 18.8 Å². The summed E-state index contributed by atoms with van der Waals surface area (Å²) in [6.45, 7) is 1.67. The average Bonchev–Trinajstić information content (AvgIpc) is 3.33. The zero-order valence-electron chi connectivity index (χ0n) is 15.3. The summed E-state index contributed by atoms with van der Waals surface area (Å²) >= 11 is 0. The Morgan fingerprint density at radius 2 is 2.07 bits per heavy atom. The molecule has 0 bridgehead atoms. The molecule has 1 atom stereocenters. The van der Waals surface area contributed by atoms with E-state index in [0.29, 0.717) is 11.8 Å². The molecule has 138 valence electrons. The molecule has 1 aromatic carbocycles. The number of para-hydroxylation sites is 1. The monoisotopic (exact) mass is 364 g/mol. The number of nitrogens with zero attached hydrogens (tertiary/aromatic N) is 6. The van der Waals surface area contributed by atoms with Gasteiger partial charge >= 0.3 is 0 Å². The summed E-state index contributed by atoms with van der Waals surface area (Å²) in [6, 6.07) is 7.94. The van der Waals surface area contributed by atoms with Crippen LogP contribution in [-0.4, -0.2) is 47.3 Å². The topological polar surface area (TPSA) is 84.3 Å². The number of benzene rings is 1. The Morgan fingerprint density at radius 3 is 2.93 bits per heavy atom. The first kappa shape index (κ1) is 16.0. The molecule has 0 radical (unpaired) electrons. The van der Waals surface area contributed by atoms with Gasteiger partial charge in [-0.3, -0.25) is 0 Å². The smallest absolute Gasteiger partial charge is 0.265 e. The van der Waals surface area contributed by atoms with Gasteiger partial charge in [0, 0.05) is 32.6 Å². The van der Waals surface area contributed by atoms with Gasteiger partial charge in [-0.1, -0.05) is 12.1 Å². The molecule has 1 saturated heterocycles. The lowest BCUT2D eigenvalue weighted by molar-refractivity contribution is 0.332. The van der Waals surface area contributed by atoms with Gasteiger partial charge in [-0.25, -0.2) is 9.97 Å². The van der Waals surface area contributed by atoms with Crippen molar-refractivity contribution in [3.8, 4) is 0 Å². The average molecular weight is 364 g/mol. The Kier molecular flexibility index (Phi) is 3.70. The van der Waals surface area contributed by atoms with E-state index in [-0.39, 0.29) is 5.92 Å². The molecule has 4 heterocycles. The lowest BCUT2D eigenvalue weighted by Gasteiger charge is -2.31. The molecule has 0 aliphatic carbocycles. The van der Waals surface area contributed by atoms with Crippen LogP contribution >= 0.6 is 0 Å². The largest absolute Gasteiger partial charge is 0.450 e. The molecule has 27 heavy (non-hydrogen) atoms. The number of fused-ring (bicyclic) bond motifs is 3. The van der Waals surface area contributed by atoms with Crippen LogP contribution < -0.4 is 9.80 Å². The second-order valence-corrected chi connectivity index (χ2v) is 7.09. The van der Waals surface area contributed by atoms with E-state index in [2.05, 4.69) is 25.0 Å². The van der Waals surface area contributed by atoms with E-state index in [0.717, 1.165) is 53.8 Å². The van der Waals surface area contributed by atoms with Gasteiger partial charge in [0.05, 0.1) is 5.92 Å². The Morgan fingerprint density at radius 1 is 1.19 bits per heavy atom. The van der Waals surface area contributed by atoms with E-state index in [1.807, 2.05) is 43.3 Å². The fourth-order valence-corrected chi connectivity index (χ4v) is 3.68. The zero-order chi connectivity index (χ0) is 18.4. The van der Waals surface area contributed by atoms with Crippen LogP contribution in [0.1, 0.15) is 24.7 Å². The number of rotatable bonds is 3. The van der Waals surface area contributed by atoms with Gasteiger partial charge in [0.1, 0.15) is 17.4 Å². The fourth-order valence-electron chi connectivity index (χ4n) is 3.68. The van der Waals surface area contributed by atoms with Crippen LogP contribution in [0, 0.1) is 0 Å². The van der Waals surface area contributed by atoms with Gasteiger partial charge in [0.2, 0.25) is 5.89 Å². The van der Waals surface area contributed by atoms with Crippen molar-refractivity contribution in [3.63, 3.8) is 0 Å². The van der Waals surface area contributed by atoms with E-state index in [1.165, 1.54) is 0 Å². The number of hydrogen-bond acceptors (Lipinski definition) is 8. The standard InChI is InChI=1S/C19H20N6O2/c1-24(2)19-22-18(27-23-19)12-6-5-9-25(10-12)17-16-15(20-11-21-17)13-7-3-4-8-14(13)26-16/h3-4,7-8,11-12H,5-6,9-10H2,1-2H3. The molecule has 1 aliphatic rings. The van der Waals surface area contributed by atoms with Crippen LogP contribution in [0.4, 0.5) is 11.8 Å². The minimum atomic E-state index is 0.175. The minimum Gasteiger partial charge on any atom is -0.450 e. The molecule has 3 aromatic heterocycles. The molecular weight excluding hydrogens is 344 g/mol. The van der Waals surface area contributed by atoms with Crippen molar-refractivity contribution in [3.05, 3.63) is 36.5 Å². The van der Waals surface area contributed by atoms with Gasteiger partial charge in [0.15, 0.2) is 11.4 Å².